The molecule has 3 nitrogen and oxygen atoms in total. The van der Waals surface area contributed by atoms with E-state index < -0.39 is 17.5 Å². The van der Waals surface area contributed by atoms with E-state index in [0.717, 1.165) is 0 Å². The average Bonchev–Trinajstić information content (AvgIpc) is 2.11. The van der Waals surface area contributed by atoms with E-state index in [-0.39, 0.29) is 30.7 Å². The molecule has 0 rings (SSSR count). The molecule has 0 saturated heterocycles. The van der Waals surface area contributed by atoms with Gasteiger partial charge in [0.2, 0.25) is 0 Å². The number of thioether (sulfide) groups is 1. The first-order chi connectivity index (χ1) is 6.87. The van der Waals surface area contributed by atoms with E-state index in [1.165, 1.54) is 0 Å². The predicted molar refractivity (Wildman–Crippen MR) is 52.6 cm³/mol. The minimum Gasteiger partial charge on any atom is -0.465 e. The fraction of sp³-hybridized carbons (Fsp3) is 0.875. The Morgan fingerprint density at radius 1 is 1.53 bits per heavy atom. The zero-order chi connectivity index (χ0) is 11.9. The number of carbonyl (C=O) groups excluding carboxylic acids is 1. The third kappa shape index (κ3) is 8.56. The maximum absolute atomic E-state index is 11.7. The highest BCUT2D eigenvalue weighted by molar-refractivity contribution is 8.00. The molecule has 0 fully saturated rings. The van der Waals surface area contributed by atoms with Gasteiger partial charge in [-0.1, -0.05) is 0 Å². The van der Waals surface area contributed by atoms with Crippen molar-refractivity contribution in [2.75, 3.05) is 18.9 Å². The molecule has 0 aromatic heterocycles. The van der Waals surface area contributed by atoms with Crippen LogP contribution in [0.15, 0.2) is 0 Å². The van der Waals surface area contributed by atoms with Crippen LogP contribution in [0.4, 0.5) is 13.2 Å². The lowest BCUT2D eigenvalue weighted by atomic mass is 10.3. The number of hydrogen-bond donors (Lipinski definition) is 1. The molecule has 0 aliphatic heterocycles. The molecule has 0 radical (unpaired) electrons. The van der Waals surface area contributed by atoms with E-state index in [9.17, 15) is 18.0 Å². The Kier molecular flexibility index (Phi) is 6.75. The average molecular weight is 245 g/mol. The Balaban J connectivity index is 3.55. The maximum Gasteiger partial charge on any atom is 0.441 e. The van der Waals surface area contributed by atoms with Crippen LogP contribution in [0.1, 0.15) is 13.8 Å². The van der Waals surface area contributed by atoms with Gasteiger partial charge in [0.25, 0.3) is 0 Å². The Bertz CT molecular complexity index is 199. The zero-order valence-corrected chi connectivity index (χ0v) is 9.37. The minimum atomic E-state index is -4.21. The van der Waals surface area contributed by atoms with Gasteiger partial charge in [-0.05, 0) is 25.6 Å². The van der Waals surface area contributed by atoms with Crippen molar-refractivity contribution in [3.63, 3.8) is 0 Å². The molecule has 0 saturated carbocycles. The molecule has 0 bridgehead atoms. The summed E-state index contributed by atoms with van der Waals surface area (Å²) in [5.41, 5.74) is -4.21. The third-order valence-corrected chi connectivity index (χ3v) is 2.19. The van der Waals surface area contributed by atoms with Gasteiger partial charge in [-0.15, -0.1) is 0 Å². The number of carbonyl (C=O) groups is 1. The topological polar surface area (TPSA) is 38.3 Å². The van der Waals surface area contributed by atoms with Crippen molar-refractivity contribution in [1.29, 1.82) is 0 Å². The SMILES string of the molecule is CCOC(=O)C(C)NCCSC(F)(F)F. The van der Waals surface area contributed by atoms with Gasteiger partial charge in [0.15, 0.2) is 0 Å². The van der Waals surface area contributed by atoms with Gasteiger partial charge in [0, 0.05) is 12.3 Å². The molecule has 1 N–H and O–H groups in total. The highest BCUT2D eigenvalue weighted by Gasteiger charge is 2.27. The summed E-state index contributed by atoms with van der Waals surface area (Å²) in [6, 6.07) is -0.571. The molecule has 90 valence electrons. The lowest BCUT2D eigenvalue weighted by molar-refractivity contribution is -0.145. The third-order valence-electron chi connectivity index (χ3n) is 1.46. The van der Waals surface area contributed by atoms with E-state index in [1.807, 2.05) is 0 Å². The normalized spacial score (nSPS) is 13.7. The van der Waals surface area contributed by atoms with Crippen LogP contribution in [0.5, 0.6) is 0 Å². The molecule has 1 atom stereocenters. The summed E-state index contributed by atoms with van der Waals surface area (Å²) in [6.45, 7) is 3.60. The van der Waals surface area contributed by atoms with Crippen molar-refractivity contribution in [2.24, 2.45) is 0 Å². The smallest absolute Gasteiger partial charge is 0.441 e. The van der Waals surface area contributed by atoms with Crippen molar-refractivity contribution < 1.29 is 22.7 Å². The van der Waals surface area contributed by atoms with Crippen LogP contribution in [0, 0.1) is 0 Å². The van der Waals surface area contributed by atoms with Crippen LogP contribution in [0.25, 0.3) is 0 Å². The predicted octanol–water partition coefficient (Wildman–Crippen LogP) is 1.78. The number of halogens is 3. The summed E-state index contributed by atoms with van der Waals surface area (Å²) in [4.78, 5) is 11.0. The quantitative estimate of drug-likeness (QED) is 0.572. The fourth-order valence-corrected chi connectivity index (χ4v) is 1.24. The van der Waals surface area contributed by atoms with Gasteiger partial charge < -0.3 is 10.1 Å². The van der Waals surface area contributed by atoms with Crippen LogP contribution < -0.4 is 5.32 Å². The standard InChI is InChI=1S/C8H14F3NO2S/c1-3-14-7(13)6(2)12-4-5-15-8(9,10)11/h6,12H,3-5H2,1-2H3. The highest BCUT2D eigenvalue weighted by atomic mass is 32.2. The monoisotopic (exact) mass is 245 g/mol. The number of nitrogens with one attached hydrogen (secondary N) is 1. The van der Waals surface area contributed by atoms with Crippen molar-refractivity contribution in [1.82, 2.24) is 5.32 Å². The zero-order valence-electron chi connectivity index (χ0n) is 8.56. The van der Waals surface area contributed by atoms with E-state index in [4.69, 9.17) is 0 Å². The second-order valence-corrected chi connectivity index (χ2v) is 3.88. The molecule has 1 unspecified atom stereocenters. The summed E-state index contributed by atoms with van der Waals surface area (Å²) in [6.07, 6.45) is 0. The summed E-state index contributed by atoms with van der Waals surface area (Å²) in [5.74, 6) is -0.567. The first-order valence-corrected chi connectivity index (χ1v) is 5.46. The van der Waals surface area contributed by atoms with Gasteiger partial charge in [-0.3, -0.25) is 4.79 Å². The molecule has 0 amide bonds. The van der Waals surface area contributed by atoms with Crippen LogP contribution >= 0.6 is 11.8 Å². The van der Waals surface area contributed by atoms with E-state index in [1.54, 1.807) is 13.8 Å². The molecule has 15 heavy (non-hydrogen) atoms. The fourth-order valence-electron chi connectivity index (χ4n) is 0.793. The first kappa shape index (κ1) is 14.6. The van der Waals surface area contributed by atoms with Gasteiger partial charge in [-0.2, -0.15) is 13.2 Å². The van der Waals surface area contributed by atoms with Crippen molar-refractivity contribution >= 4 is 17.7 Å². The van der Waals surface area contributed by atoms with Crippen molar-refractivity contribution in [2.45, 2.75) is 25.4 Å². The van der Waals surface area contributed by atoms with Gasteiger partial charge in [0.1, 0.15) is 6.04 Å². The number of hydrogen-bond acceptors (Lipinski definition) is 4. The van der Waals surface area contributed by atoms with Crippen LogP contribution in [0.3, 0.4) is 0 Å². The molecule has 0 aromatic rings. The van der Waals surface area contributed by atoms with Gasteiger partial charge >= 0.3 is 11.5 Å². The van der Waals surface area contributed by atoms with Crippen LogP contribution in [-0.2, 0) is 9.53 Å². The van der Waals surface area contributed by atoms with Gasteiger partial charge in [0.05, 0.1) is 6.61 Å². The second kappa shape index (κ2) is 6.95. The van der Waals surface area contributed by atoms with E-state index in [2.05, 4.69) is 10.1 Å². The summed E-state index contributed by atoms with van der Waals surface area (Å²) in [5, 5.41) is 2.64. The molecule has 0 aliphatic carbocycles. The Morgan fingerprint density at radius 2 is 2.13 bits per heavy atom. The van der Waals surface area contributed by atoms with Gasteiger partial charge in [-0.25, -0.2) is 0 Å². The minimum absolute atomic E-state index is 0.114. The summed E-state index contributed by atoms with van der Waals surface area (Å²) >= 11 is -0.114. The summed E-state index contributed by atoms with van der Waals surface area (Å²) in [7, 11) is 0. The lowest BCUT2D eigenvalue weighted by Crippen LogP contribution is -2.36. The Hall–Kier alpha value is -0.430. The molecule has 7 heteroatoms. The van der Waals surface area contributed by atoms with E-state index >= 15 is 0 Å². The second-order valence-electron chi connectivity index (χ2n) is 2.72. The molecule has 0 aromatic carbocycles. The number of rotatable bonds is 6. The maximum atomic E-state index is 11.7. The number of esters is 1. The molecular formula is C8H14F3NO2S. The van der Waals surface area contributed by atoms with Crippen LogP contribution in [-0.4, -0.2) is 36.4 Å². The number of ether oxygens (including phenoxy) is 1. The van der Waals surface area contributed by atoms with Crippen molar-refractivity contribution in [3.8, 4) is 0 Å². The molecule has 0 spiro atoms. The molecular weight excluding hydrogens is 231 g/mol. The number of alkyl halides is 3. The van der Waals surface area contributed by atoms with Crippen LogP contribution in [0.2, 0.25) is 0 Å². The molecule has 0 heterocycles. The van der Waals surface area contributed by atoms with Crippen molar-refractivity contribution in [3.05, 3.63) is 0 Å². The molecule has 0 aliphatic rings. The summed E-state index contributed by atoms with van der Waals surface area (Å²) < 4.78 is 39.8. The lowest BCUT2D eigenvalue weighted by Gasteiger charge is -2.12. The largest absolute Gasteiger partial charge is 0.465 e. The Labute approximate surface area is 90.7 Å². The Morgan fingerprint density at radius 3 is 2.60 bits per heavy atom. The first-order valence-electron chi connectivity index (χ1n) is 4.47. The van der Waals surface area contributed by atoms with E-state index in [0.29, 0.717) is 0 Å². The highest BCUT2D eigenvalue weighted by Crippen LogP contribution is 2.29.